The lowest BCUT2D eigenvalue weighted by atomic mass is 10.2. The number of para-hydroxylation sites is 1. The molecule has 0 unspecified atom stereocenters. The SMILES string of the molecule is Cc1cccc(Cl)c1NC(=O)COC(=O)c1cccc(N(C)C)c1. The maximum atomic E-state index is 12.1. The van der Waals surface area contributed by atoms with Crippen molar-refractivity contribution < 1.29 is 14.3 Å². The fourth-order valence-electron chi connectivity index (χ4n) is 2.09. The first kappa shape index (κ1) is 17.8. The van der Waals surface area contributed by atoms with E-state index < -0.39 is 11.9 Å². The predicted molar refractivity (Wildman–Crippen MR) is 95.9 cm³/mol. The van der Waals surface area contributed by atoms with E-state index in [0.29, 0.717) is 16.3 Å². The first-order valence-corrected chi connectivity index (χ1v) is 7.75. The van der Waals surface area contributed by atoms with Gasteiger partial charge in [0.25, 0.3) is 5.91 Å². The summed E-state index contributed by atoms with van der Waals surface area (Å²) in [5.74, 6) is -0.993. The first-order valence-electron chi connectivity index (χ1n) is 7.38. The lowest BCUT2D eigenvalue weighted by molar-refractivity contribution is -0.119. The monoisotopic (exact) mass is 346 g/mol. The van der Waals surface area contributed by atoms with Crippen molar-refractivity contribution >= 4 is 34.9 Å². The maximum Gasteiger partial charge on any atom is 0.338 e. The molecule has 6 heteroatoms. The van der Waals surface area contributed by atoms with Gasteiger partial charge in [-0.05, 0) is 36.8 Å². The minimum atomic E-state index is -0.551. The van der Waals surface area contributed by atoms with E-state index in [1.54, 1.807) is 30.3 Å². The van der Waals surface area contributed by atoms with Gasteiger partial charge in [-0.1, -0.05) is 29.8 Å². The predicted octanol–water partition coefficient (Wildman–Crippen LogP) is 3.51. The van der Waals surface area contributed by atoms with Crippen LogP contribution in [-0.4, -0.2) is 32.6 Å². The van der Waals surface area contributed by atoms with Crippen LogP contribution in [0.1, 0.15) is 15.9 Å². The highest BCUT2D eigenvalue weighted by molar-refractivity contribution is 6.33. The van der Waals surface area contributed by atoms with Gasteiger partial charge in [-0.15, -0.1) is 0 Å². The van der Waals surface area contributed by atoms with Crippen LogP contribution in [0.25, 0.3) is 0 Å². The third-order valence-electron chi connectivity index (χ3n) is 3.42. The molecular weight excluding hydrogens is 328 g/mol. The van der Waals surface area contributed by atoms with Gasteiger partial charge in [0.15, 0.2) is 6.61 Å². The number of carbonyl (C=O) groups excluding carboxylic acids is 2. The number of carbonyl (C=O) groups is 2. The molecule has 0 aliphatic carbocycles. The van der Waals surface area contributed by atoms with Gasteiger partial charge in [-0.2, -0.15) is 0 Å². The molecule has 0 atom stereocenters. The van der Waals surface area contributed by atoms with Crippen molar-refractivity contribution in [3.8, 4) is 0 Å². The largest absolute Gasteiger partial charge is 0.452 e. The molecule has 1 N–H and O–H groups in total. The quantitative estimate of drug-likeness (QED) is 0.842. The number of benzene rings is 2. The highest BCUT2D eigenvalue weighted by Gasteiger charge is 2.13. The molecule has 0 aliphatic heterocycles. The number of amides is 1. The second-order valence-corrected chi connectivity index (χ2v) is 5.91. The summed E-state index contributed by atoms with van der Waals surface area (Å²) in [6.07, 6.45) is 0. The van der Waals surface area contributed by atoms with E-state index in [9.17, 15) is 9.59 Å². The topological polar surface area (TPSA) is 58.6 Å². The van der Waals surface area contributed by atoms with E-state index in [1.165, 1.54) is 0 Å². The Bertz CT molecular complexity index is 739. The lowest BCUT2D eigenvalue weighted by Crippen LogP contribution is -2.21. The molecule has 1 amide bonds. The summed E-state index contributed by atoms with van der Waals surface area (Å²) >= 11 is 6.05. The second kappa shape index (κ2) is 7.84. The van der Waals surface area contributed by atoms with Gasteiger partial charge < -0.3 is 15.0 Å². The van der Waals surface area contributed by atoms with Crippen LogP contribution in [0.5, 0.6) is 0 Å². The zero-order valence-electron chi connectivity index (χ0n) is 13.8. The van der Waals surface area contributed by atoms with Crippen LogP contribution >= 0.6 is 11.6 Å². The molecule has 0 aliphatic rings. The van der Waals surface area contributed by atoms with Crippen molar-refractivity contribution in [2.24, 2.45) is 0 Å². The molecule has 2 rings (SSSR count). The Kier molecular flexibility index (Phi) is 5.82. The Morgan fingerprint density at radius 2 is 1.88 bits per heavy atom. The van der Waals surface area contributed by atoms with Crippen LogP contribution in [0.2, 0.25) is 5.02 Å². The van der Waals surface area contributed by atoms with E-state index in [-0.39, 0.29) is 6.61 Å². The molecule has 2 aromatic carbocycles. The number of nitrogens with zero attached hydrogens (tertiary/aromatic N) is 1. The van der Waals surface area contributed by atoms with E-state index in [4.69, 9.17) is 16.3 Å². The van der Waals surface area contributed by atoms with Crippen molar-refractivity contribution in [3.63, 3.8) is 0 Å². The number of ether oxygens (including phenoxy) is 1. The van der Waals surface area contributed by atoms with Gasteiger partial charge in [0, 0.05) is 19.8 Å². The minimum Gasteiger partial charge on any atom is -0.452 e. The summed E-state index contributed by atoms with van der Waals surface area (Å²) in [6.45, 7) is 1.45. The van der Waals surface area contributed by atoms with Crippen LogP contribution in [0.3, 0.4) is 0 Å². The highest BCUT2D eigenvalue weighted by atomic mass is 35.5. The first-order chi connectivity index (χ1) is 11.4. The second-order valence-electron chi connectivity index (χ2n) is 5.50. The standard InChI is InChI=1S/C18H19ClN2O3/c1-12-6-4-9-15(19)17(12)20-16(22)11-24-18(23)13-7-5-8-14(10-13)21(2)3/h4-10H,11H2,1-3H3,(H,20,22). The third kappa shape index (κ3) is 4.49. The molecular formula is C18H19ClN2O3. The van der Waals surface area contributed by atoms with Gasteiger partial charge in [-0.3, -0.25) is 4.79 Å². The molecule has 5 nitrogen and oxygen atoms in total. The number of nitrogens with one attached hydrogen (secondary N) is 1. The number of esters is 1. The zero-order valence-corrected chi connectivity index (χ0v) is 14.6. The Labute approximate surface area is 146 Å². The van der Waals surface area contributed by atoms with Crippen LogP contribution in [0, 0.1) is 6.92 Å². The fourth-order valence-corrected chi connectivity index (χ4v) is 2.36. The average molecular weight is 347 g/mol. The van der Waals surface area contributed by atoms with Crippen LogP contribution < -0.4 is 10.2 Å². The van der Waals surface area contributed by atoms with Crippen LogP contribution in [0.4, 0.5) is 11.4 Å². The Balaban J connectivity index is 1.96. The van der Waals surface area contributed by atoms with Crippen molar-refractivity contribution in [2.75, 3.05) is 30.9 Å². The van der Waals surface area contributed by atoms with Gasteiger partial charge in [0.2, 0.25) is 0 Å². The number of aryl methyl sites for hydroxylation is 1. The Morgan fingerprint density at radius 1 is 1.17 bits per heavy atom. The number of anilines is 2. The summed E-state index contributed by atoms with van der Waals surface area (Å²) in [5.41, 5.74) is 2.62. The Hall–Kier alpha value is -2.53. The molecule has 0 saturated carbocycles. The summed E-state index contributed by atoms with van der Waals surface area (Å²) < 4.78 is 5.06. The Morgan fingerprint density at radius 3 is 2.54 bits per heavy atom. The van der Waals surface area contributed by atoms with E-state index in [1.807, 2.05) is 38.1 Å². The van der Waals surface area contributed by atoms with Crippen molar-refractivity contribution in [2.45, 2.75) is 6.92 Å². The highest BCUT2D eigenvalue weighted by Crippen LogP contribution is 2.25. The van der Waals surface area contributed by atoms with Gasteiger partial charge in [0.1, 0.15) is 0 Å². The number of hydrogen-bond donors (Lipinski definition) is 1. The number of hydrogen-bond acceptors (Lipinski definition) is 4. The molecule has 126 valence electrons. The normalized spacial score (nSPS) is 10.2. The number of rotatable bonds is 5. The maximum absolute atomic E-state index is 12.1. The van der Waals surface area contributed by atoms with E-state index in [2.05, 4.69) is 5.32 Å². The summed E-state index contributed by atoms with van der Waals surface area (Å²) in [7, 11) is 3.76. The van der Waals surface area contributed by atoms with Gasteiger partial charge in [-0.25, -0.2) is 4.79 Å². The number of halogens is 1. The molecule has 24 heavy (non-hydrogen) atoms. The molecule has 2 aromatic rings. The summed E-state index contributed by atoms with van der Waals surface area (Å²) in [5, 5.41) is 3.10. The molecule has 0 fully saturated rings. The third-order valence-corrected chi connectivity index (χ3v) is 3.73. The molecule has 0 radical (unpaired) electrons. The van der Waals surface area contributed by atoms with Crippen molar-refractivity contribution in [3.05, 3.63) is 58.6 Å². The molecule has 0 aromatic heterocycles. The van der Waals surface area contributed by atoms with Crippen LogP contribution in [-0.2, 0) is 9.53 Å². The molecule has 0 heterocycles. The van der Waals surface area contributed by atoms with Crippen molar-refractivity contribution in [1.82, 2.24) is 0 Å². The van der Waals surface area contributed by atoms with Crippen LogP contribution in [0.15, 0.2) is 42.5 Å². The minimum absolute atomic E-state index is 0.379. The van der Waals surface area contributed by atoms with Gasteiger partial charge >= 0.3 is 5.97 Å². The smallest absolute Gasteiger partial charge is 0.338 e. The van der Waals surface area contributed by atoms with Gasteiger partial charge in [0.05, 0.1) is 16.3 Å². The summed E-state index contributed by atoms with van der Waals surface area (Å²) in [4.78, 5) is 25.9. The molecule has 0 spiro atoms. The summed E-state index contributed by atoms with van der Waals surface area (Å²) in [6, 6.07) is 12.3. The van der Waals surface area contributed by atoms with Crippen molar-refractivity contribution in [1.29, 1.82) is 0 Å². The average Bonchev–Trinajstić information content (AvgIpc) is 2.56. The zero-order chi connectivity index (χ0) is 17.7. The van der Waals surface area contributed by atoms with E-state index in [0.717, 1.165) is 11.3 Å². The molecule has 0 saturated heterocycles. The molecule has 0 bridgehead atoms. The van der Waals surface area contributed by atoms with E-state index >= 15 is 0 Å². The lowest BCUT2D eigenvalue weighted by Gasteiger charge is -2.13. The fraction of sp³-hybridized carbons (Fsp3) is 0.222.